The molecule has 254 valence electrons. The Morgan fingerprint density at radius 3 is 1.55 bits per heavy atom. The Bertz CT molecular complexity index is 2480. The van der Waals surface area contributed by atoms with Gasteiger partial charge in [-0.3, -0.25) is 34.0 Å². The van der Waals surface area contributed by atoms with Gasteiger partial charge < -0.3 is 0 Å². The van der Waals surface area contributed by atoms with Crippen molar-refractivity contribution in [1.82, 2.24) is 19.9 Å². The molecule has 0 radical (unpaired) electrons. The largest absolute Gasteiger partial charge is 0.274 e. The first-order valence-electron chi connectivity index (χ1n) is 17.2. The van der Waals surface area contributed by atoms with Crippen LogP contribution in [0.2, 0.25) is 0 Å². The van der Waals surface area contributed by atoms with Gasteiger partial charge >= 0.3 is 0 Å². The van der Waals surface area contributed by atoms with E-state index in [1.54, 1.807) is 48.8 Å². The highest BCUT2D eigenvalue weighted by Crippen LogP contribution is 2.39. The van der Waals surface area contributed by atoms with Crippen molar-refractivity contribution in [1.29, 1.82) is 0 Å². The number of hydrogen-bond donors (Lipinski definition) is 0. The highest BCUT2D eigenvalue weighted by molar-refractivity contribution is 6.39. The summed E-state index contributed by atoms with van der Waals surface area (Å²) in [5, 5.41) is 0.690. The second-order valence-electron chi connectivity index (χ2n) is 12.8. The lowest BCUT2D eigenvalue weighted by molar-refractivity contribution is -0.697. The minimum Gasteiger partial charge on any atom is -0.274 e. The molecule has 0 atom stereocenters. The van der Waals surface area contributed by atoms with Crippen LogP contribution in [0.5, 0.6) is 0 Å². The Balaban J connectivity index is 1.03. The van der Waals surface area contributed by atoms with E-state index in [1.807, 2.05) is 95.8 Å². The van der Waals surface area contributed by atoms with E-state index in [2.05, 4.69) is 9.97 Å². The van der Waals surface area contributed by atoms with Crippen molar-refractivity contribution in [2.45, 2.75) is 13.0 Å². The maximum Gasteiger partial charge on any atom is 0.265 e. The summed E-state index contributed by atoms with van der Waals surface area (Å²) in [6.45, 7) is 0.874. The molecular weight excluding hydrogens is 665 g/mol. The molecule has 0 aliphatic carbocycles. The molecule has 0 unspecified atom stereocenters. The second-order valence-corrected chi connectivity index (χ2v) is 12.8. The minimum atomic E-state index is -0.528. The van der Waals surface area contributed by atoms with Crippen molar-refractivity contribution < 1.29 is 23.7 Å². The summed E-state index contributed by atoms with van der Waals surface area (Å²) in [6.07, 6.45) is 7.88. The quantitative estimate of drug-likeness (QED) is 0.127. The van der Waals surface area contributed by atoms with Crippen LogP contribution in [-0.2, 0) is 6.54 Å². The lowest BCUT2D eigenvalue weighted by atomic mass is 9.85. The van der Waals surface area contributed by atoms with Gasteiger partial charge in [0.25, 0.3) is 23.6 Å². The number of carbonyl (C=O) groups excluding carboxylic acids is 4. The van der Waals surface area contributed by atoms with E-state index in [0.29, 0.717) is 63.3 Å². The molecule has 6 heterocycles. The average molecular weight is 694 g/mol. The number of aryl methyl sites for hydroxylation is 1. The predicted molar refractivity (Wildman–Crippen MR) is 198 cm³/mol. The molecule has 2 aliphatic rings. The van der Waals surface area contributed by atoms with E-state index in [1.165, 1.54) is 4.90 Å². The van der Waals surface area contributed by atoms with E-state index in [9.17, 15) is 19.2 Å². The number of amides is 4. The zero-order chi connectivity index (χ0) is 36.1. The van der Waals surface area contributed by atoms with Crippen LogP contribution in [0.3, 0.4) is 0 Å². The molecule has 10 nitrogen and oxygen atoms in total. The number of nitrogens with zero attached hydrogens (tertiary/aromatic N) is 6. The summed E-state index contributed by atoms with van der Waals surface area (Å²) in [5.41, 5.74) is 5.99. The average Bonchev–Trinajstić information content (AvgIpc) is 3.21. The fourth-order valence-electron chi connectivity index (χ4n) is 7.15. The number of carbonyl (C=O) groups is 4. The Morgan fingerprint density at radius 1 is 0.509 bits per heavy atom. The molecule has 0 fully saturated rings. The molecule has 0 bridgehead atoms. The molecule has 4 aromatic heterocycles. The fraction of sp³-hybridized carbons (Fsp3) is 0.0698. The molecule has 0 saturated heterocycles. The van der Waals surface area contributed by atoms with Gasteiger partial charge in [0.2, 0.25) is 0 Å². The molecule has 53 heavy (non-hydrogen) atoms. The molecule has 0 spiro atoms. The van der Waals surface area contributed by atoms with Crippen LogP contribution in [0.25, 0.3) is 44.7 Å². The summed E-state index contributed by atoms with van der Waals surface area (Å²) in [7, 11) is 0. The molecule has 10 heteroatoms. The molecule has 0 N–H and O–H groups in total. The van der Waals surface area contributed by atoms with Gasteiger partial charge in [-0.2, -0.15) is 0 Å². The van der Waals surface area contributed by atoms with Gasteiger partial charge in [0.15, 0.2) is 12.4 Å². The maximum absolute atomic E-state index is 14.1. The topological polar surface area (TPSA) is 117 Å². The van der Waals surface area contributed by atoms with Gasteiger partial charge in [-0.1, -0.05) is 30.3 Å². The Morgan fingerprint density at radius 2 is 1.04 bits per heavy atom. The summed E-state index contributed by atoms with van der Waals surface area (Å²) in [5.74, 6) is -1.92. The number of rotatable bonds is 8. The van der Waals surface area contributed by atoms with Crippen molar-refractivity contribution in [2.75, 3.05) is 11.4 Å². The molecule has 9 rings (SSSR count). The Kier molecular flexibility index (Phi) is 7.70. The predicted octanol–water partition coefficient (Wildman–Crippen LogP) is 6.80. The third kappa shape index (κ3) is 5.44. The first kappa shape index (κ1) is 31.8. The minimum absolute atomic E-state index is 0.236. The summed E-state index contributed by atoms with van der Waals surface area (Å²) in [6, 6.07) is 34.5. The second kappa shape index (κ2) is 12.8. The molecule has 4 amide bonds. The number of imide groups is 2. The van der Waals surface area contributed by atoms with Crippen molar-refractivity contribution >= 4 is 40.1 Å². The zero-order valence-electron chi connectivity index (χ0n) is 28.2. The zero-order valence-corrected chi connectivity index (χ0v) is 28.2. The fourth-order valence-corrected chi connectivity index (χ4v) is 7.15. The number of benzene rings is 3. The van der Waals surface area contributed by atoms with Gasteiger partial charge in [0.05, 0.1) is 28.5 Å². The van der Waals surface area contributed by atoms with E-state index >= 15 is 0 Å². The number of aromatic nitrogens is 4. The standard InChI is InChI=1S/C43H29N6O4/c50-40-30-15-17-32-39-33(18-16-31(38(30)39)41(51)48(40)24-8-23-47-21-6-1-7-22-47)43(53)49(42(32)52)29-13-11-27(12-14-29)28-25-36(34-9-2-4-19-44-34)46-37(26-28)35-10-3-5-20-45-35/h1-7,9-22,25-26H,8,23-24H2/q+1. The van der Waals surface area contributed by atoms with Crippen molar-refractivity contribution in [3.8, 4) is 33.9 Å². The van der Waals surface area contributed by atoms with Crippen LogP contribution < -0.4 is 9.47 Å². The van der Waals surface area contributed by atoms with Crippen molar-refractivity contribution in [3.05, 3.63) is 162 Å². The van der Waals surface area contributed by atoms with Crippen molar-refractivity contribution in [3.63, 3.8) is 0 Å². The third-order valence-corrected chi connectivity index (χ3v) is 9.69. The van der Waals surface area contributed by atoms with E-state index in [4.69, 9.17) is 4.98 Å². The van der Waals surface area contributed by atoms with Crippen molar-refractivity contribution in [2.24, 2.45) is 0 Å². The number of hydrogen-bond acceptors (Lipinski definition) is 7. The molecule has 7 aromatic rings. The highest BCUT2D eigenvalue weighted by atomic mass is 16.2. The monoisotopic (exact) mass is 693 g/mol. The van der Waals surface area contributed by atoms with Crippen LogP contribution in [-0.4, -0.2) is 50.0 Å². The summed E-state index contributed by atoms with van der Waals surface area (Å²) >= 11 is 0. The first-order valence-corrected chi connectivity index (χ1v) is 17.2. The Hall–Kier alpha value is -7.20. The molecule has 0 saturated carbocycles. The summed E-state index contributed by atoms with van der Waals surface area (Å²) in [4.78, 5) is 71.8. The SMILES string of the molecule is O=C1c2ccc3c4c(ccc(c24)C(=O)N1CCC[n+]1ccccc1)C(=O)N(c1ccc(-c2cc(-c4ccccn4)nc(-c4ccccn4)c2)cc1)C3=O. The molecule has 2 aliphatic heterocycles. The maximum atomic E-state index is 14.1. The smallest absolute Gasteiger partial charge is 0.265 e. The molecular formula is C43H29N6O4+. The van der Waals surface area contributed by atoms with Gasteiger partial charge in [0.1, 0.15) is 6.54 Å². The van der Waals surface area contributed by atoms with Crippen LogP contribution in [0.4, 0.5) is 5.69 Å². The summed E-state index contributed by atoms with van der Waals surface area (Å²) < 4.78 is 1.99. The van der Waals surface area contributed by atoms with Crippen LogP contribution in [0.15, 0.2) is 140 Å². The van der Waals surface area contributed by atoms with Gasteiger partial charge in [-0.15, -0.1) is 0 Å². The van der Waals surface area contributed by atoms with Crippen LogP contribution >= 0.6 is 0 Å². The number of pyridine rings is 4. The highest BCUT2D eigenvalue weighted by Gasteiger charge is 2.40. The van der Waals surface area contributed by atoms with Gasteiger partial charge in [0, 0.05) is 70.5 Å². The van der Waals surface area contributed by atoms with Gasteiger partial charge in [-0.25, -0.2) is 14.5 Å². The lowest BCUT2D eigenvalue weighted by Crippen LogP contribution is -2.44. The van der Waals surface area contributed by atoms with E-state index in [-0.39, 0.29) is 17.7 Å². The number of anilines is 1. The van der Waals surface area contributed by atoms with E-state index < -0.39 is 23.6 Å². The van der Waals surface area contributed by atoms with Gasteiger partial charge in [-0.05, 0) is 83.9 Å². The lowest BCUT2D eigenvalue weighted by Gasteiger charge is -2.31. The van der Waals surface area contributed by atoms with E-state index in [0.717, 1.165) is 16.0 Å². The van der Waals surface area contributed by atoms with Crippen LogP contribution in [0.1, 0.15) is 47.9 Å². The molecule has 3 aromatic carbocycles. The normalized spacial score (nSPS) is 13.6. The Labute approximate surface area is 303 Å². The van der Waals surface area contributed by atoms with Crippen LogP contribution in [0, 0.1) is 0 Å². The third-order valence-electron chi connectivity index (χ3n) is 9.69. The first-order chi connectivity index (χ1) is 26.0.